The molecule has 1 amide bonds. The Morgan fingerprint density at radius 1 is 1.09 bits per heavy atom. The molecule has 0 aromatic heterocycles. The van der Waals surface area contributed by atoms with Gasteiger partial charge in [0.25, 0.3) is 5.91 Å². The van der Waals surface area contributed by atoms with Crippen LogP contribution in [0.25, 0.3) is 0 Å². The summed E-state index contributed by atoms with van der Waals surface area (Å²) in [7, 11) is 0. The van der Waals surface area contributed by atoms with Crippen molar-refractivity contribution >= 4 is 33.5 Å². The van der Waals surface area contributed by atoms with Gasteiger partial charge in [0.15, 0.2) is 13.2 Å². The van der Waals surface area contributed by atoms with E-state index in [4.69, 9.17) is 9.47 Å². The third-order valence-electron chi connectivity index (χ3n) is 2.91. The van der Waals surface area contributed by atoms with E-state index in [1.807, 2.05) is 25.1 Å². The van der Waals surface area contributed by atoms with Crippen molar-refractivity contribution < 1.29 is 19.1 Å². The van der Waals surface area contributed by atoms with Crippen LogP contribution in [0.5, 0.6) is 5.75 Å². The number of aryl methyl sites for hydroxylation is 1. The minimum atomic E-state index is -0.601. The molecule has 0 radical (unpaired) electrons. The van der Waals surface area contributed by atoms with Crippen LogP contribution in [0.4, 0.5) is 5.69 Å². The summed E-state index contributed by atoms with van der Waals surface area (Å²) in [4.78, 5) is 23.3. The van der Waals surface area contributed by atoms with Crippen LogP contribution in [-0.4, -0.2) is 25.1 Å². The SMILES string of the molecule is Cc1cc(NC(=O)COC(=O)COc2ccccc2)ccc1Br. The third-order valence-corrected chi connectivity index (χ3v) is 3.80. The van der Waals surface area contributed by atoms with E-state index in [0.29, 0.717) is 11.4 Å². The molecule has 2 aromatic carbocycles. The number of amides is 1. The van der Waals surface area contributed by atoms with Crippen molar-refractivity contribution in [1.82, 2.24) is 0 Å². The number of para-hydroxylation sites is 1. The van der Waals surface area contributed by atoms with Crippen LogP contribution in [0.1, 0.15) is 5.56 Å². The Labute approximate surface area is 142 Å². The molecule has 0 heterocycles. The average molecular weight is 378 g/mol. The number of halogens is 1. The first-order valence-corrected chi connectivity index (χ1v) is 7.73. The number of esters is 1. The molecule has 2 aromatic rings. The first-order valence-electron chi connectivity index (χ1n) is 6.94. The molecule has 0 unspecified atom stereocenters. The van der Waals surface area contributed by atoms with Crippen LogP contribution in [0.2, 0.25) is 0 Å². The molecule has 5 nitrogen and oxygen atoms in total. The van der Waals surface area contributed by atoms with Crippen molar-refractivity contribution in [2.75, 3.05) is 18.5 Å². The Balaban J connectivity index is 1.73. The van der Waals surface area contributed by atoms with Gasteiger partial charge in [-0.05, 0) is 42.8 Å². The lowest BCUT2D eigenvalue weighted by Crippen LogP contribution is -2.23. The molecule has 0 saturated heterocycles. The molecule has 0 atom stereocenters. The summed E-state index contributed by atoms with van der Waals surface area (Å²) < 4.78 is 11.1. The van der Waals surface area contributed by atoms with Gasteiger partial charge in [0.1, 0.15) is 5.75 Å². The smallest absolute Gasteiger partial charge is 0.344 e. The van der Waals surface area contributed by atoms with Gasteiger partial charge in [-0.25, -0.2) is 4.79 Å². The molecule has 2 rings (SSSR count). The minimum absolute atomic E-state index is 0.241. The largest absolute Gasteiger partial charge is 0.482 e. The van der Waals surface area contributed by atoms with Gasteiger partial charge < -0.3 is 14.8 Å². The molecule has 120 valence electrons. The standard InChI is InChI=1S/C17H16BrNO4/c1-12-9-13(7-8-15(12)18)19-16(20)10-23-17(21)11-22-14-5-3-2-4-6-14/h2-9H,10-11H2,1H3,(H,19,20). The molecule has 0 fully saturated rings. The van der Waals surface area contributed by atoms with Gasteiger partial charge in [-0.1, -0.05) is 34.1 Å². The maximum absolute atomic E-state index is 11.7. The van der Waals surface area contributed by atoms with Crippen molar-refractivity contribution in [3.05, 3.63) is 58.6 Å². The molecule has 0 saturated carbocycles. The highest BCUT2D eigenvalue weighted by molar-refractivity contribution is 9.10. The minimum Gasteiger partial charge on any atom is -0.482 e. The van der Waals surface area contributed by atoms with Crippen LogP contribution < -0.4 is 10.1 Å². The van der Waals surface area contributed by atoms with Gasteiger partial charge in [0.2, 0.25) is 0 Å². The van der Waals surface area contributed by atoms with Crippen LogP contribution in [0.15, 0.2) is 53.0 Å². The highest BCUT2D eigenvalue weighted by Crippen LogP contribution is 2.19. The summed E-state index contributed by atoms with van der Waals surface area (Å²) in [5.74, 6) is -0.435. The number of rotatable bonds is 6. The zero-order valence-electron chi connectivity index (χ0n) is 12.5. The quantitative estimate of drug-likeness (QED) is 0.784. The summed E-state index contributed by atoms with van der Waals surface area (Å²) in [6.45, 7) is 1.32. The number of carbonyl (C=O) groups is 2. The van der Waals surface area contributed by atoms with Crippen molar-refractivity contribution in [3.63, 3.8) is 0 Å². The summed E-state index contributed by atoms with van der Waals surface area (Å²) in [6.07, 6.45) is 0. The average Bonchev–Trinajstić information content (AvgIpc) is 2.55. The Morgan fingerprint density at radius 2 is 1.83 bits per heavy atom. The zero-order chi connectivity index (χ0) is 16.7. The normalized spacial score (nSPS) is 10.0. The lowest BCUT2D eigenvalue weighted by Gasteiger charge is -2.08. The fourth-order valence-corrected chi connectivity index (χ4v) is 2.01. The van der Waals surface area contributed by atoms with Crippen molar-refractivity contribution in [2.24, 2.45) is 0 Å². The Hall–Kier alpha value is -2.34. The van der Waals surface area contributed by atoms with Gasteiger partial charge in [-0.15, -0.1) is 0 Å². The monoisotopic (exact) mass is 377 g/mol. The number of ether oxygens (including phenoxy) is 2. The fourth-order valence-electron chi connectivity index (χ4n) is 1.77. The second kappa shape index (κ2) is 8.33. The van der Waals surface area contributed by atoms with E-state index >= 15 is 0 Å². The topological polar surface area (TPSA) is 64.6 Å². The molecule has 6 heteroatoms. The van der Waals surface area contributed by atoms with Crippen LogP contribution in [0, 0.1) is 6.92 Å². The van der Waals surface area contributed by atoms with E-state index in [9.17, 15) is 9.59 Å². The Bertz CT molecular complexity index is 688. The number of carbonyl (C=O) groups excluding carboxylic acids is 2. The number of anilines is 1. The van der Waals surface area contributed by atoms with Gasteiger partial charge in [0, 0.05) is 10.2 Å². The number of hydrogen-bond acceptors (Lipinski definition) is 4. The highest BCUT2D eigenvalue weighted by atomic mass is 79.9. The second-order valence-corrected chi connectivity index (χ2v) is 5.63. The maximum Gasteiger partial charge on any atom is 0.344 e. The van der Waals surface area contributed by atoms with E-state index in [0.717, 1.165) is 10.0 Å². The molecule has 0 spiro atoms. The maximum atomic E-state index is 11.7. The highest BCUT2D eigenvalue weighted by Gasteiger charge is 2.09. The molecule has 23 heavy (non-hydrogen) atoms. The second-order valence-electron chi connectivity index (χ2n) is 4.77. The van der Waals surface area contributed by atoms with Crippen molar-refractivity contribution in [3.8, 4) is 5.75 Å². The van der Waals surface area contributed by atoms with Crippen molar-refractivity contribution in [1.29, 1.82) is 0 Å². The summed E-state index contributed by atoms with van der Waals surface area (Å²) in [6, 6.07) is 14.3. The molecule has 0 bridgehead atoms. The lowest BCUT2D eigenvalue weighted by molar-refractivity contribution is -0.149. The number of hydrogen-bond donors (Lipinski definition) is 1. The van der Waals surface area contributed by atoms with Crippen LogP contribution in [-0.2, 0) is 14.3 Å². The summed E-state index contributed by atoms with van der Waals surface area (Å²) in [5, 5.41) is 2.66. The zero-order valence-corrected chi connectivity index (χ0v) is 14.1. The first kappa shape index (κ1) is 17.0. The summed E-state index contributed by atoms with van der Waals surface area (Å²) >= 11 is 3.39. The lowest BCUT2D eigenvalue weighted by atomic mass is 10.2. The van der Waals surface area contributed by atoms with E-state index < -0.39 is 11.9 Å². The number of benzene rings is 2. The van der Waals surface area contributed by atoms with E-state index in [2.05, 4.69) is 21.2 Å². The predicted molar refractivity (Wildman–Crippen MR) is 90.4 cm³/mol. The Morgan fingerprint density at radius 3 is 2.52 bits per heavy atom. The van der Waals surface area contributed by atoms with E-state index in [1.54, 1.807) is 30.3 Å². The van der Waals surface area contributed by atoms with Crippen LogP contribution >= 0.6 is 15.9 Å². The molecule has 0 aliphatic rings. The van der Waals surface area contributed by atoms with Crippen LogP contribution in [0.3, 0.4) is 0 Å². The van der Waals surface area contributed by atoms with Gasteiger partial charge in [-0.2, -0.15) is 0 Å². The van der Waals surface area contributed by atoms with Gasteiger partial charge in [0.05, 0.1) is 0 Å². The summed E-state index contributed by atoms with van der Waals surface area (Å²) in [5.41, 5.74) is 1.64. The Kier molecular flexibility index (Phi) is 6.17. The molecular formula is C17H16BrNO4. The van der Waals surface area contributed by atoms with E-state index in [1.165, 1.54) is 0 Å². The first-order chi connectivity index (χ1) is 11.0. The predicted octanol–water partition coefficient (Wildman–Crippen LogP) is 3.32. The van der Waals surface area contributed by atoms with Gasteiger partial charge in [-0.3, -0.25) is 4.79 Å². The van der Waals surface area contributed by atoms with E-state index in [-0.39, 0.29) is 13.2 Å². The molecule has 0 aliphatic heterocycles. The van der Waals surface area contributed by atoms with Crippen molar-refractivity contribution in [2.45, 2.75) is 6.92 Å². The number of nitrogens with one attached hydrogen (secondary N) is 1. The fraction of sp³-hybridized carbons (Fsp3) is 0.176. The third kappa shape index (κ3) is 5.75. The van der Waals surface area contributed by atoms with Gasteiger partial charge >= 0.3 is 5.97 Å². The molecule has 1 N–H and O–H groups in total. The molecule has 0 aliphatic carbocycles. The molecular weight excluding hydrogens is 362 g/mol.